The second kappa shape index (κ2) is 5.36. The third kappa shape index (κ3) is 2.29. The third-order valence-corrected chi connectivity index (χ3v) is 6.81. The Balaban J connectivity index is 1.31. The second-order valence-corrected chi connectivity index (χ2v) is 7.77. The van der Waals surface area contributed by atoms with Crippen LogP contribution in [0.1, 0.15) is 39.0 Å². The second-order valence-electron chi connectivity index (χ2n) is 7.77. The smallest absolute Gasteiger partial charge is 0.0681 e. The molecule has 0 aromatic carbocycles. The molecule has 1 N–H and O–H groups in total. The van der Waals surface area contributed by atoms with E-state index in [1.165, 1.54) is 19.4 Å². The van der Waals surface area contributed by atoms with Crippen LogP contribution in [-0.4, -0.2) is 48.5 Å². The molecule has 1 heterocycles. The van der Waals surface area contributed by atoms with E-state index in [1.807, 2.05) is 0 Å². The highest BCUT2D eigenvalue weighted by Gasteiger charge is 2.56. The van der Waals surface area contributed by atoms with Crippen LogP contribution in [0.3, 0.4) is 0 Å². The Morgan fingerprint density at radius 3 is 2.57 bits per heavy atom. The number of ether oxygens (including phenoxy) is 1. The maximum atomic E-state index is 10.3. The van der Waals surface area contributed by atoms with Gasteiger partial charge in [-0.25, -0.2) is 0 Å². The van der Waals surface area contributed by atoms with Crippen molar-refractivity contribution in [1.82, 2.24) is 4.90 Å². The first kappa shape index (κ1) is 14.2. The summed E-state index contributed by atoms with van der Waals surface area (Å²) in [4.78, 5) is 2.65. The van der Waals surface area contributed by atoms with E-state index in [2.05, 4.69) is 24.0 Å². The summed E-state index contributed by atoms with van der Waals surface area (Å²) < 4.78 is 5.86. The van der Waals surface area contributed by atoms with Crippen LogP contribution in [0.15, 0.2) is 12.2 Å². The number of aliphatic hydroxyl groups excluding tert-OH is 1. The largest absolute Gasteiger partial charge is 0.392 e. The van der Waals surface area contributed by atoms with Crippen molar-refractivity contribution in [2.45, 2.75) is 51.2 Å². The summed E-state index contributed by atoms with van der Waals surface area (Å²) in [6.07, 6.45) is 11.0. The van der Waals surface area contributed by atoms with Crippen LogP contribution in [0.2, 0.25) is 0 Å². The quantitative estimate of drug-likeness (QED) is 0.808. The fourth-order valence-electron chi connectivity index (χ4n) is 5.40. The summed E-state index contributed by atoms with van der Waals surface area (Å²) >= 11 is 0. The van der Waals surface area contributed by atoms with Gasteiger partial charge >= 0.3 is 0 Å². The number of likely N-dealkylation sites (tertiary alicyclic amines) is 1. The molecule has 3 fully saturated rings. The number of aliphatic hydroxyl groups is 1. The summed E-state index contributed by atoms with van der Waals surface area (Å²) in [5, 5.41) is 10.3. The van der Waals surface area contributed by atoms with Crippen molar-refractivity contribution < 1.29 is 9.84 Å². The Labute approximate surface area is 128 Å². The minimum atomic E-state index is -0.123. The van der Waals surface area contributed by atoms with E-state index in [-0.39, 0.29) is 11.5 Å². The topological polar surface area (TPSA) is 32.7 Å². The van der Waals surface area contributed by atoms with Crippen molar-refractivity contribution in [3.05, 3.63) is 12.2 Å². The van der Waals surface area contributed by atoms with Gasteiger partial charge in [-0.3, -0.25) is 0 Å². The molecule has 4 rings (SSSR count). The Hall–Kier alpha value is -0.380. The van der Waals surface area contributed by atoms with Crippen LogP contribution in [-0.2, 0) is 4.74 Å². The van der Waals surface area contributed by atoms with Crippen LogP contribution in [0.4, 0.5) is 0 Å². The van der Waals surface area contributed by atoms with Gasteiger partial charge in [0.2, 0.25) is 0 Å². The van der Waals surface area contributed by atoms with Gasteiger partial charge in [-0.1, -0.05) is 12.2 Å². The monoisotopic (exact) mass is 291 g/mol. The molecule has 3 nitrogen and oxygen atoms in total. The van der Waals surface area contributed by atoms with Gasteiger partial charge in [0, 0.05) is 25.0 Å². The zero-order valence-corrected chi connectivity index (χ0v) is 13.2. The zero-order chi connectivity index (χ0) is 14.4. The number of fused-ring (bicyclic) bond motifs is 2. The summed E-state index contributed by atoms with van der Waals surface area (Å²) in [5.74, 6) is 2.63. The number of rotatable bonds is 4. The number of allylic oxidation sites excluding steroid dienone is 2. The van der Waals surface area contributed by atoms with E-state index in [1.54, 1.807) is 0 Å². The molecule has 118 valence electrons. The molecule has 4 aliphatic rings. The van der Waals surface area contributed by atoms with E-state index in [4.69, 9.17) is 4.74 Å². The van der Waals surface area contributed by atoms with Gasteiger partial charge in [0.05, 0.1) is 12.2 Å². The lowest BCUT2D eigenvalue weighted by Gasteiger charge is -2.56. The summed E-state index contributed by atoms with van der Waals surface area (Å²) in [5.41, 5.74) is 0.0844. The summed E-state index contributed by atoms with van der Waals surface area (Å²) in [6, 6.07) is 0. The van der Waals surface area contributed by atoms with Crippen molar-refractivity contribution in [3.63, 3.8) is 0 Å². The van der Waals surface area contributed by atoms with Crippen molar-refractivity contribution in [2.75, 3.05) is 26.2 Å². The van der Waals surface area contributed by atoms with E-state index in [0.29, 0.717) is 6.10 Å². The van der Waals surface area contributed by atoms with Gasteiger partial charge in [0.25, 0.3) is 0 Å². The molecule has 1 saturated heterocycles. The minimum absolute atomic E-state index is 0.0844. The molecule has 0 aromatic heterocycles. The molecule has 3 aliphatic carbocycles. The van der Waals surface area contributed by atoms with Crippen LogP contribution < -0.4 is 0 Å². The molecule has 0 amide bonds. The van der Waals surface area contributed by atoms with Gasteiger partial charge in [-0.2, -0.15) is 0 Å². The Bertz CT molecular complexity index is 411. The Morgan fingerprint density at radius 2 is 2.00 bits per heavy atom. The molecular weight excluding hydrogens is 262 g/mol. The average Bonchev–Trinajstić information content (AvgIpc) is 3.10. The van der Waals surface area contributed by atoms with Gasteiger partial charge in [0.1, 0.15) is 0 Å². The van der Waals surface area contributed by atoms with Crippen molar-refractivity contribution in [3.8, 4) is 0 Å². The van der Waals surface area contributed by atoms with Crippen molar-refractivity contribution >= 4 is 0 Å². The van der Waals surface area contributed by atoms with Gasteiger partial charge in [0.15, 0.2) is 0 Å². The standard InChI is InChI=1S/C18H29NO2/c1-2-21-17-11-16(20)18(17)5-7-19(8-6-18)12-15-10-13-3-4-14(15)9-13/h3-4,13-17,20H,2,5-12H2,1H3. The first-order valence-corrected chi connectivity index (χ1v) is 8.91. The molecule has 0 aromatic rings. The molecule has 1 aliphatic heterocycles. The molecule has 1 spiro atoms. The SMILES string of the molecule is CCOC1CC(O)C12CCN(CC1CC3C=CC1C3)CC2. The van der Waals surface area contributed by atoms with Crippen LogP contribution in [0.25, 0.3) is 0 Å². The molecule has 21 heavy (non-hydrogen) atoms. The number of nitrogens with zero attached hydrogens (tertiary/aromatic N) is 1. The average molecular weight is 291 g/mol. The van der Waals surface area contributed by atoms with E-state index >= 15 is 0 Å². The van der Waals surface area contributed by atoms with E-state index in [0.717, 1.165) is 56.7 Å². The zero-order valence-electron chi connectivity index (χ0n) is 13.2. The molecule has 5 unspecified atom stereocenters. The molecule has 2 bridgehead atoms. The molecule has 3 heteroatoms. The predicted molar refractivity (Wildman–Crippen MR) is 83.0 cm³/mol. The highest BCUT2D eigenvalue weighted by atomic mass is 16.5. The maximum Gasteiger partial charge on any atom is 0.0681 e. The van der Waals surface area contributed by atoms with Gasteiger partial charge < -0.3 is 14.7 Å². The summed E-state index contributed by atoms with van der Waals surface area (Å²) in [6.45, 7) is 6.42. The lowest BCUT2D eigenvalue weighted by atomic mass is 9.58. The molecule has 5 atom stereocenters. The number of piperidine rings is 1. The van der Waals surface area contributed by atoms with Crippen LogP contribution in [0.5, 0.6) is 0 Å². The van der Waals surface area contributed by atoms with Crippen LogP contribution in [0, 0.1) is 23.2 Å². The lowest BCUT2D eigenvalue weighted by Crippen LogP contribution is -2.62. The number of hydrogen-bond donors (Lipinski definition) is 1. The van der Waals surface area contributed by atoms with E-state index in [9.17, 15) is 5.11 Å². The highest BCUT2D eigenvalue weighted by Crippen LogP contribution is 2.51. The third-order valence-electron chi connectivity index (χ3n) is 6.81. The van der Waals surface area contributed by atoms with E-state index < -0.39 is 0 Å². The normalized spacial score (nSPS) is 44.4. The fraction of sp³-hybridized carbons (Fsp3) is 0.889. The van der Waals surface area contributed by atoms with Crippen molar-refractivity contribution in [1.29, 1.82) is 0 Å². The Morgan fingerprint density at radius 1 is 1.19 bits per heavy atom. The van der Waals surface area contributed by atoms with Gasteiger partial charge in [-0.15, -0.1) is 0 Å². The number of hydrogen-bond acceptors (Lipinski definition) is 3. The highest BCUT2D eigenvalue weighted by molar-refractivity contribution is 5.11. The molecule has 2 saturated carbocycles. The first-order chi connectivity index (χ1) is 10.2. The lowest BCUT2D eigenvalue weighted by molar-refractivity contribution is -0.209. The fourth-order valence-corrected chi connectivity index (χ4v) is 5.40. The van der Waals surface area contributed by atoms with Gasteiger partial charge in [-0.05, 0) is 63.5 Å². The van der Waals surface area contributed by atoms with Crippen molar-refractivity contribution in [2.24, 2.45) is 23.2 Å². The molecule has 0 radical (unpaired) electrons. The first-order valence-electron chi connectivity index (χ1n) is 8.91. The maximum absolute atomic E-state index is 10.3. The Kier molecular flexibility index (Phi) is 3.63. The summed E-state index contributed by atoms with van der Waals surface area (Å²) in [7, 11) is 0. The predicted octanol–water partition coefficient (Wildman–Crippen LogP) is 2.45. The van der Waals surface area contributed by atoms with Crippen LogP contribution >= 0.6 is 0 Å². The molecular formula is C18H29NO2. The minimum Gasteiger partial charge on any atom is -0.392 e.